The Labute approximate surface area is 130 Å². The third-order valence-electron chi connectivity index (χ3n) is 4.73. The summed E-state index contributed by atoms with van der Waals surface area (Å²) in [6.45, 7) is 2.08. The summed E-state index contributed by atoms with van der Waals surface area (Å²) in [4.78, 5) is 9.27. The van der Waals surface area contributed by atoms with Gasteiger partial charge in [-0.15, -0.1) is 0 Å². The second kappa shape index (κ2) is 5.13. The van der Waals surface area contributed by atoms with Crippen LogP contribution in [-0.2, 0) is 0 Å². The molecular formula is C18H20N4. The molecular weight excluding hydrogens is 272 g/mol. The van der Waals surface area contributed by atoms with Gasteiger partial charge in [0.1, 0.15) is 17.2 Å². The highest BCUT2D eigenvalue weighted by Gasteiger charge is 2.23. The number of aryl methyl sites for hydroxylation is 1. The first kappa shape index (κ1) is 13.3. The molecule has 0 radical (unpaired) electrons. The summed E-state index contributed by atoms with van der Waals surface area (Å²) in [5.41, 5.74) is 11.5. The zero-order valence-electron chi connectivity index (χ0n) is 12.8. The van der Waals surface area contributed by atoms with Gasteiger partial charge in [-0.3, -0.25) is 9.38 Å². The molecule has 4 nitrogen and oxygen atoms in total. The molecule has 0 amide bonds. The van der Waals surface area contributed by atoms with Crippen molar-refractivity contribution >= 4 is 11.5 Å². The largest absolute Gasteiger partial charge is 0.383 e. The summed E-state index contributed by atoms with van der Waals surface area (Å²) in [6.07, 6.45) is 6.92. The van der Waals surface area contributed by atoms with Crippen molar-refractivity contribution in [1.82, 2.24) is 14.4 Å². The second-order valence-electron chi connectivity index (χ2n) is 6.13. The van der Waals surface area contributed by atoms with E-state index in [1.807, 2.05) is 18.2 Å². The molecule has 1 aliphatic rings. The Kier molecular flexibility index (Phi) is 3.10. The number of pyridine rings is 2. The zero-order chi connectivity index (χ0) is 15.1. The predicted octanol–water partition coefficient (Wildman–Crippen LogP) is 3.94. The highest BCUT2D eigenvalue weighted by Crippen LogP contribution is 2.38. The van der Waals surface area contributed by atoms with E-state index in [0.717, 1.165) is 22.7 Å². The van der Waals surface area contributed by atoms with Crippen LogP contribution in [0, 0.1) is 6.92 Å². The maximum atomic E-state index is 6.40. The van der Waals surface area contributed by atoms with Gasteiger partial charge < -0.3 is 5.73 Å². The van der Waals surface area contributed by atoms with Gasteiger partial charge in [-0.05, 0) is 49.4 Å². The van der Waals surface area contributed by atoms with Crippen molar-refractivity contribution in [1.29, 1.82) is 0 Å². The van der Waals surface area contributed by atoms with Crippen LogP contribution in [0.2, 0.25) is 0 Å². The van der Waals surface area contributed by atoms with Crippen molar-refractivity contribution in [3.63, 3.8) is 0 Å². The van der Waals surface area contributed by atoms with E-state index in [1.54, 1.807) is 6.20 Å². The topological polar surface area (TPSA) is 56.2 Å². The Morgan fingerprint density at radius 3 is 2.68 bits per heavy atom. The number of nitrogens with zero attached hydrogens (tertiary/aromatic N) is 3. The normalized spacial score (nSPS) is 15.7. The van der Waals surface area contributed by atoms with Gasteiger partial charge in [0.15, 0.2) is 0 Å². The van der Waals surface area contributed by atoms with Gasteiger partial charge in [-0.25, -0.2) is 4.98 Å². The minimum Gasteiger partial charge on any atom is -0.383 e. The zero-order valence-corrected chi connectivity index (χ0v) is 12.8. The van der Waals surface area contributed by atoms with Gasteiger partial charge in [0.2, 0.25) is 0 Å². The number of fused-ring (bicyclic) bond motifs is 1. The number of imidazole rings is 1. The summed E-state index contributed by atoms with van der Waals surface area (Å²) in [5, 5.41) is 0. The number of rotatable bonds is 2. The third kappa shape index (κ3) is 1.98. The molecule has 1 aliphatic carbocycles. The lowest BCUT2D eigenvalue weighted by molar-refractivity contribution is 0.722. The second-order valence-corrected chi connectivity index (χ2v) is 6.13. The summed E-state index contributed by atoms with van der Waals surface area (Å²) in [6, 6.07) is 10.2. The Morgan fingerprint density at radius 1 is 1.14 bits per heavy atom. The Morgan fingerprint density at radius 2 is 1.95 bits per heavy atom. The molecule has 0 bridgehead atoms. The van der Waals surface area contributed by atoms with E-state index in [2.05, 4.69) is 28.4 Å². The molecule has 1 fully saturated rings. The van der Waals surface area contributed by atoms with Crippen LogP contribution in [0.3, 0.4) is 0 Å². The molecule has 0 spiro atoms. The van der Waals surface area contributed by atoms with Gasteiger partial charge >= 0.3 is 0 Å². The summed E-state index contributed by atoms with van der Waals surface area (Å²) in [5.74, 6) is 1.30. The van der Waals surface area contributed by atoms with Gasteiger partial charge in [0.05, 0.1) is 5.69 Å². The molecule has 3 aromatic rings. The molecule has 0 unspecified atom stereocenters. The number of anilines is 1. The fourth-order valence-electron chi connectivity index (χ4n) is 3.59. The summed E-state index contributed by atoms with van der Waals surface area (Å²) in [7, 11) is 0. The molecule has 0 atom stereocenters. The molecule has 1 saturated carbocycles. The number of aromatic nitrogens is 3. The van der Waals surface area contributed by atoms with E-state index in [0.29, 0.717) is 11.7 Å². The van der Waals surface area contributed by atoms with E-state index in [1.165, 1.54) is 31.2 Å². The van der Waals surface area contributed by atoms with Gasteiger partial charge in [-0.2, -0.15) is 0 Å². The third-order valence-corrected chi connectivity index (χ3v) is 4.73. The van der Waals surface area contributed by atoms with Gasteiger partial charge in [-0.1, -0.05) is 25.0 Å². The molecule has 22 heavy (non-hydrogen) atoms. The molecule has 112 valence electrons. The monoisotopic (exact) mass is 292 g/mol. The molecule has 0 aliphatic heterocycles. The van der Waals surface area contributed by atoms with Crippen LogP contribution in [0.5, 0.6) is 0 Å². The average Bonchev–Trinajstić information content (AvgIpc) is 3.17. The molecule has 3 aromatic heterocycles. The van der Waals surface area contributed by atoms with Crippen molar-refractivity contribution < 1.29 is 0 Å². The Balaban J connectivity index is 1.96. The maximum absolute atomic E-state index is 6.40. The van der Waals surface area contributed by atoms with Crippen LogP contribution in [0.1, 0.15) is 42.9 Å². The first-order chi connectivity index (χ1) is 10.8. The molecule has 0 saturated heterocycles. The first-order valence-corrected chi connectivity index (χ1v) is 7.94. The Hall–Kier alpha value is -2.36. The van der Waals surface area contributed by atoms with Gasteiger partial charge in [0, 0.05) is 11.9 Å². The van der Waals surface area contributed by atoms with Crippen LogP contribution in [0.4, 0.5) is 5.82 Å². The fourth-order valence-corrected chi connectivity index (χ4v) is 3.59. The average molecular weight is 292 g/mol. The summed E-state index contributed by atoms with van der Waals surface area (Å²) < 4.78 is 2.08. The predicted molar refractivity (Wildman–Crippen MR) is 88.8 cm³/mol. The van der Waals surface area contributed by atoms with Crippen LogP contribution >= 0.6 is 0 Å². The molecule has 0 aromatic carbocycles. The number of hydrogen-bond acceptors (Lipinski definition) is 3. The first-order valence-electron chi connectivity index (χ1n) is 7.94. The van der Waals surface area contributed by atoms with E-state index >= 15 is 0 Å². The van der Waals surface area contributed by atoms with Crippen molar-refractivity contribution in [2.45, 2.75) is 38.5 Å². The van der Waals surface area contributed by atoms with E-state index in [-0.39, 0.29) is 0 Å². The van der Waals surface area contributed by atoms with E-state index in [9.17, 15) is 0 Å². The maximum Gasteiger partial charge on any atom is 0.142 e. The van der Waals surface area contributed by atoms with Crippen molar-refractivity contribution in [2.24, 2.45) is 0 Å². The fraction of sp³-hybridized carbons (Fsp3) is 0.333. The lowest BCUT2D eigenvalue weighted by Crippen LogP contribution is -2.02. The lowest BCUT2D eigenvalue weighted by atomic mass is 9.98. The smallest absolute Gasteiger partial charge is 0.142 e. The van der Waals surface area contributed by atoms with Crippen LogP contribution < -0.4 is 5.73 Å². The van der Waals surface area contributed by atoms with Crippen molar-refractivity contribution in [2.75, 3.05) is 5.73 Å². The molecule has 2 N–H and O–H groups in total. The van der Waals surface area contributed by atoms with Crippen molar-refractivity contribution in [3.8, 4) is 11.4 Å². The Bertz CT molecular complexity index is 814. The van der Waals surface area contributed by atoms with Gasteiger partial charge in [0.25, 0.3) is 0 Å². The van der Waals surface area contributed by atoms with E-state index in [4.69, 9.17) is 10.7 Å². The van der Waals surface area contributed by atoms with Crippen LogP contribution in [0.25, 0.3) is 17.0 Å². The van der Waals surface area contributed by atoms with Crippen LogP contribution in [0.15, 0.2) is 36.5 Å². The van der Waals surface area contributed by atoms with Crippen LogP contribution in [-0.4, -0.2) is 14.4 Å². The molecule has 3 heterocycles. The van der Waals surface area contributed by atoms with Crippen molar-refractivity contribution in [3.05, 3.63) is 47.8 Å². The minimum absolute atomic E-state index is 0.612. The molecule has 4 rings (SSSR count). The SMILES string of the molecule is Cc1ccc(C2CCCC2)c2nc(-c3ccccn3)c(N)n12. The number of hydrogen-bond donors (Lipinski definition) is 1. The summed E-state index contributed by atoms with van der Waals surface area (Å²) >= 11 is 0. The van der Waals surface area contributed by atoms with E-state index < -0.39 is 0 Å². The highest BCUT2D eigenvalue weighted by molar-refractivity contribution is 5.74. The lowest BCUT2D eigenvalue weighted by Gasteiger charge is -2.12. The number of nitrogen functional groups attached to an aromatic ring is 1. The quantitative estimate of drug-likeness (QED) is 0.778. The number of nitrogens with two attached hydrogens (primary N) is 1. The minimum atomic E-state index is 0.612. The molecule has 4 heteroatoms. The standard InChI is InChI=1S/C18H20N4/c1-12-9-10-14(13-6-2-3-7-13)18-21-16(17(19)22(12)18)15-8-4-5-11-20-15/h4-5,8-11,13H,2-3,6-7,19H2,1H3. The highest BCUT2D eigenvalue weighted by atomic mass is 15.1.